The lowest BCUT2D eigenvalue weighted by molar-refractivity contribution is 0.411. The molecule has 6 heteroatoms. The van der Waals surface area contributed by atoms with Crippen molar-refractivity contribution in [3.63, 3.8) is 0 Å². The van der Waals surface area contributed by atoms with Gasteiger partial charge in [0, 0.05) is 5.92 Å². The Morgan fingerprint density at radius 2 is 2.07 bits per heavy atom. The minimum atomic E-state index is -4.45. The summed E-state index contributed by atoms with van der Waals surface area (Å²) >= 11 is 0. The SMILES string of the molecule is CC1C=C(O)C(S(=O)(=O)O)=CC1=CO. The molecule has 1 atom stereocenters. The number of aliphatic hydroxyl groups is 2. The fourth-order valence-electron chi connectivity index (χ4n) is 1.13. The second-order valence-electron chi connectivity index (χ2n) is 2.95. The molecule has 14 heavy (non-hydrogen) atoms. The molecule has 0 saturated carbocycles. The van der Waals surface area contributed by atoms with Crippen LogP contribution in [0.4, 0.5) is 0 Å². The van der Waals surface area contributed by atoms with Crippen LogP contribution in [0, 0.1) is 5.92 Å². The van der Waals surface area contributed by atoms with E-state index in [0.717, 1.165) is 12.3 Å². The second kappa shape index (κ2) is 3.47. The molecule has 0 radical (unpaired) electrons. The number of allylic oxidation sites excluding steroid dienone is 3. The Kier molecular flexibility index (Phi) is 2.68. The lowest BCUT2D eigenvalue weighted by atomic mass is 9.97. The third-order valence-electron chi connectivity index (χ3n) is 1.91. The van der Waals surface area contributed by atoms with E-state index in [9.17, 15) is 13.5 Å². The van der Waals surface area contributed by atoms with Gasteiger partial charge >= 0.3 is 0 Å². The zero-order chi connectivity index (χ0) is 10.9. The third kappa shape index (κ3) is 1.97. The first-order valence-corrected chi connectivity index (χ1v) is 5.25. The van der Waals surface area contributed by atoms with Gasteiger partial charge in [0.1, 0.15) is 10.7 Å². The third-order valence-corrected chi connectivity index (χ3v) is 2.79. The average Bonchev–Trinajstić information content (AvgIpc) is 2.02. The first-order valence-electron chi connectivity index (χ1n) is 3.81. The van der Waals surface area contributed by atoms with E-state index in [0.29, 0.717) is 5.57 Å². The smallest absolute Gasteiger partial charge is 0.298 e. The van der Waals surface area contributed by atoms with Crippen molar-refractivity contribution in [2.24, 2.45) is 5.92 Å². The molecule has 0 saturated heterocycles. The molecule has 0 spiro atoms. The molecule has 0 aliphatic heterocycles. The normalized spacial score (nSPS) is 25.9. The Hall–Kier alpha value is -1.27. The van der Waals surface area contributed by atoms with E-state index in [1.807, 2.05) is 0 Å². The number of aliphatic hydroxyl groups excluding tert-OH is 2. The van der Waals surface area contributed by atoms with Crippen molar-refractivity contribution in [3.8, 4) is 0 Å². The number of rotatable bonds is 1. The molecule has 0 aromatic heterocycles. The van der Waals surface area contributed by atoms with E-state index in [1.165, 1.54) is 6.08 Å². The summed E-state index contributed by atoms with van der Waals surface area (Å²) < 4.78 is 30.2. The molecule has 0 aromatic rings. The topological polar surface area (TPSA) is 94.8 Å². The second-order valence-corrected chi connectivity index (χ2v) is 4.34. The molecule has 0 fully saturated rings. The van der Waals surface area contributed by atoms with Gasteiger partial charge in [0.25, 0.3) is 10.1 Å². The zero-order valence-electron chi connectivity index (χ0n) is 7.38. The Morgan fingerprint density at radius 3 is 2.50 bits per heavy atom. The van der Waals surface area contributed by atoms with Crippen LogP contribution in [0.5, 0.6) is 0 Å². The molecule has 1 unspecified atom stereocenters. The molecule has 0 heterocycles. The predicted molar refractivity (Wildman–Crippen MR) is 50.2 cm³/mol. The summed E-state index contributed by atoms with van der Waals surface area (Å²) in [6.07, 6.45) is 2.99. The molecule has 1 aliphatic carbocycles. The van der Waals surface area contributed by atoms with Gasteiger partial charge in [-0.25, -0.2) is 0 Å². The van der Waals surface area contributed by atoms with Crippen LogP contribution in [-0.4, -0.2) is 23.2 Å². The summed E-state index contributed by atoms with van der Waals surface area (Å²) in [5.41, 5.74) is 0.301. The van der Waals surface area contributed by atoms with Crippen molar-refractivity contribution in [1.82, 2.24) is 0 Å². The molecule has 1 aliphatic rings. The fraction of sp³-hybridized carbons (Fsp3) is 0.250. The van der Waals surface area contributed by atoms with Gasteiger partial charge in [0.2, 0.25) is 0 Å². The summed E-state index contributed by atoms with van der Waals surface area (Å²) in [6.45, 7) is 1.66. The summed E-state index contributed by atoms with van der Waals surface area (Å²) in [5, 5.41) is 18.0. The van der Waals surface area contributed by atoms with Crippen molar-refractivity contribution in [2.45, 2.75) is 6.92 Å². The summed E-state index contributed by atoms with van der Waals surface area (Å²) in [6, 6.07) is 0. The highest BCUT2D eigenvalue weighted by Gasteiger charge is 2.24. The van der Waals surface area contributed by atoms with Gasteiger partial charge in [-0.1, -0.05) is 6.92 Å². The Bertz CT molecular complexity index is 427. The van der Waals surface area contributed by atoms with Crippen LogP contribution >= 0.6 is 0 Å². The number of hydrogen-bond acceptors (Lipinski definition) is 4. The summed E-state index contributed by atoms with van der Waals surface area (Å²) in [4.78, 5) is -0.601. The summed E-state index contributed by atoms with van der Waals surface area (Å²) in [5.74, 6) is -0.809. The standard InChI is InChI=1S/C8H10O5S/c1-5-2-7(10)8(14(11,12)13)3-6(5)4-9/h2-5,9-10H,1H3,(H,11,12,13). The van der Waals surface area contributed by atoms with Gasteiger partial charge in [0.05, 0.1) is 6.26 Å². The monoisotopic (exact) mass is 218 g/mol. The van der Waals surface area contributed by atoms with Gasteiger partial charge in [-0.05, 0) is 17.7 Å². The van der Waals surface area contributed by atoms with E-state index >= 15 is 0 Å². The van der Waals surface area contributed by atoms with Gasteiger partial charge in [-0.3, -0.25) is 4.55 Å². The van der Waals surface area contributed by atoms with Crippen molar-refractivity contribution in [2.75, 3.05) is 0 Å². The van der Waals surface area contributed by atoms with Crippen LogP contribution in [0.25, 0.3) is 0 Å². The molecule has 5 nitrogen and oxygen atoms in total. The van der Waals surface area contributed by atoms with E-state index in [1.54, 1.807) is 6.92 Å². The van der Waals surface area contributed by atoms with Gasteiger partial charge in [-0.2, -0.15) is 8.42 Å². The quantitative estimate of drug-likeness (QED) is 0.455. The van der Waals surface area contributed by atoms with Crippen molar-refractivity contribution >= 4 is 10.1 Å². The zero-order valence-corrected chi connectivity index (χ0v) is 8.19. The first kappa shape index (κ1) is 10.8. The largest absolute Gasteiger partial charge is 0.515 e. The van der Waals surface area contributed by atoms with Crippen LogP contribution in [-0.2, 0) is 10.1 Å². The first-order chi connectivity index (χ1) is 6.36. The lowest BCUT2D eigenvalue weighted by Crippen LogP contribution is -2.11. The Morgan fingerprint density at radius 1 is 1.50 bits per heavy atom. The van der Waals surface area contributed by atoms with Crippen LogP contribution in [0.3, 0.4) is 0 Å². The maximum atomic E-state index is 10.7. The molecule has 0 aromatic carbocycles. The molecule has 3 N–H and O–H groups in total. The van der Waals surface area contributed by atoms with E-state index in [4.69, 9.17) is 9.66 Å². The van der Waals surface area contributed by atoms with E-state index < -0.39 is 20.8 Å². The fourth-order valence-corrected chi connectivity index (χ4v) is 1.75. The van der Waals surface area contributed by atoms with Gasteiger partial charge in [-0.15, -0.1) is 0 Å². The van der Waals surface area contributed by atoms with Crippen LogP contribution in [0.1, 0.15) is 6.92 Å². The van der Waals surface area contributed by atoms with Crippen molar-refractivity contribution < 1.29 is 23.2 Å². The Labute approximate surface area is 81.4 Å². The van der Waals surface area contributed by atoms with Crippen LogP contribution in [0.15, 0.2) is 34.7 Å². The lowest BCUT2D eigenvalue weighted by Gasteiger charge is -2.15. The minimum absolute atomic E-state index is 0.300. The molecule has 1 rings (SSSR count). The van der Waals surface area contributed by atoms with E-state index in [-0.39, 0.29) is 5.92 Å². The van der Waals surface area contributed by atoms with Gasteiger partial charge < -0.3 is 10.2 Å². The highest BCUT2D eigenvalue weighted by atomic mass is 32.2. The van der Waals surface area contributed by atoms with Gasteiger partial charge in [0.15, 0.2) is 0 Å². The average molecular weight is 218 g/mol. The Balaban J connectivity index is 3.28. The van der Waals surface area contributed by atoms with Crippen molar-refractivity contribution in [1.29, 1.82) is 0 Å². The van der Waals surface area contributed by atoms with Crippen LogP contribution < -0.4 is 0 Å². The van der Waals surface area contributed by atoms with Crippen LogP contribution in [0.2, 0.25) is 0 Å². The highest BCUT2D eigenvalue weighted by Crippen LogP contribution is 2.27. The summed E-state index contributed by atoms with van der Waals surface area (Å²) in [7, 11) is -4.45. The van der Waals surface area contributed by atoms with Crippen molar-refractivity contribution in [3.05, 3.63) is 34.7 Å². The maximum Gasteiger partial charge on any atom is 0.298 e. The maximum absolute atomic E-state index is 10.7. The molecule has 0 bridgehead atoms. The minimum Gasteiger partial charge on any atom is -0.515 e. The highest BCUT2D eigenvalue weighted by molar-refractivity contribution is 7.90. The molecule has 0 amide bonds. The molecule has 78 valence electrons. The predicted octanol–water partition coefficient (Wildman–Crippen LogP) is 1.29. The number of hydrogen-bond donors (Lipinski definition) is 3. The molecular formula is C8H10O5S. The molecular weight excluding hydrogens is 208 g/mol. The van der Waals surface area contributed by atoms with E-state index in [2.05, 4.69) is 0 Å².